The molecule has 0 spiro atoms. The number of hydrogen-bond acceptors (Lipinski definition) is 3. The molecule has 2 aromatic rings. The molecule has 0 bridgehead atoms. The predicted octanol–water partition coefficient (Wildman–Crippen LogP) is 5.42. The zero-order valence-electron chi connectivity index (χ0n) is 14.5. The Balaban J connectivity index is 1.82. The first kappa shape index (κ1) is 19.4. The molecular weight excluding hydrogens is 361 g/mol. The molecule has 0 unspecified atom stereocenters. The first-order valence-electron chi connectivity index (χ1n) is 7.93. The van der Waals surface area contributed by atoms with Crippen molar-refractivity contribution in [3.05, 3.63) is 51.5 Å². The summed E-state index contributed by atoms with van der Waals surface area (Å²) in [6.07, 6.45) is 0.927. The van der Waals surface area contributed by atoms with E-state index < -0.39 is 0 Å². The van der Waals surface area contributed by atoms with Crippen LogP contribution in [0.15, 0.2) is 30.3 Å². The number of methoxy groups -OCH3 is 1. The Morgan fingerprint density at radius 2 is 1.80 bits per heavy atom. The average Bonchev–Trinajstić information content (AvgIpc) is 2.56. The molecule has 0 saturated heterocycles. The number of ether oxygens (including phenoxy) is 2. The predicted molar refractivity (Wildman–Crippen MR) is 102 cm³/mol. The van der Waals surface area contributed by atoms with Crippen LogP contribution in [-0.4, -0.2) is 19.6 Å². The van der Waals surface area contributed by atoms with E-state index in [1.807, 2.05) is 26.0 Å². The van der Waals surface area contributed by atoms with Crippen molar-refractivity contribution in [2.75, 3.05) is 19.0 Å². The molecule has 1 amide bonds. The molecule has 6 heteroatoms. The van der Waals surface area contributed by atoms with Gasteiger partial charge in [0, 0.05) is 16.5 Å². The number of rotatable bonds is 7. The second kappa shape index (κ2) is 8.97. The minimum Gasteiger partial charge on any atom is -0.495 e. The van der Waals surface area contributed by atoms with Crippen LogP contribution in [-0.2, 0) is 4.79 Å². The third-order valence-corrected chi connectivity index (χ3v) is 4.49. The maximum atomic E-state index is 12.1. The summed E-state index contributed by atoms with van der Waals surface area (Å²) < 4.78 is 10.9. The van der Waals surface area contributed by atoms with Gasteiger partial charge in [-0.2, -0.15) is 0 Å². The standard InChI is InChI=1S/C19H21Cl2NO3/c1-12-9-15(10-13(2)19(12)21)25-8-4-5-18(23)22-16-11-14(20)6-7-17(16)24-3/h6-7,9-11H,4-5,8H2,1-3H3,(H,22,23). The summed E-state index contributed by atoms with van der Waals surface area (Å²) in [6, 6.07) is 8.87. The summed E-state index contributed by atoms with van der Waals surface area (Å²) in [5.74, 6) is 1.21. The summed E-state index contributed by atoms with van der Waals surface area (Å²) >= 11 is 12.1. The van der Waals surface area contributed by atoms with Crippen LogP contribution >= 0.6 is 23.2 Å². The van der Waals surface area contributed by atoms with E-state index in [1.165, 1.54) is 0 Å². The Hall–Kier alpha value is -1.91. The van der Waals surface area contributed by atoms with Crippen LogP contribution in [0.5, 0.6) is 11.5 Å². The molecular formula is C19H21Cl2NO3. The van der Waals surface area contributed by atoms with Gasteiger partial charge in [-0.15, -0.1) is 0 Å². The lowest BCUT2D eigenvalue weighted by atomic mass is 10.1. The van der Waals surface area contributed by atoms with Crippen LogP contribution in [0.2, 0.25) is 10.0 Å². The number of aryl methyl sites for hydroxylation is 2. The SMILES string of the molecule is COc1ccc(Cl)cc1NC(=O)CCCOc1cc(C)c(Cl)c(C)c1. The molecule has 0 radical (unpaired) electrons. The Labute approximate surface area is 158 Å². The Bertz CT molecular complexity index is 739. The average molecular weight is 382 g/mol. The van der Waals surface area contributed by atoms with E-state index in [0.717, 1.165) is 21.9 Å². The normalized spacial score (nSPS) is 10.4. The number of anilines is 1. The molecule has 0 fully saturated rings. The summed E-state index contributed by atoms with van der Waals surface area (Å²) in [6.45, 7) is 4.32. The highest BCUT2D eigenvalue weighted by molar-refractivity contribution is 6.32. The van der Waals surface area contributed by atoms with Crippen LogP contribution in [0, 0.1) is 13.8 Å². The van der Waals surface area contributed by atoms with Crippen LogP contribution in [0.3, 0.4) is 0 Å². The second-order valence-electron chi connectivity index (χ2n) is 5.72. The third kappa shape index (κ3) is 5.55. The minimum absolute atomic E-state index is 0.118. The lowest BCUT2D eigenvalue weighted by Gasteiger charge is -2.11. The number of halogens is 2. The lowest BCUT2D eigenvalue weighted by molar-refractivity contribution is -0.116. The number of amides is 1. The summed E-state index contributed by atoms with van der Waals surface area (Å²) in [5.41, 5.74) is 2.51. The molecule has 0 saturated carbocycles. The Morgan fingerprint density at radius 3 is 2.44 bits per heavy atom. The van der Waals surface area contributed by atoms with Crippen molar-refractivity contribution in [1.29, 1.82) is 0 Å². The first-order valence-corrected chi connectivity index (χ1v) is 8.69. The molecule has 1 N–H and O–H groups in total. The third-order valence-electron chi connectivity index (χ3n) is 3.66. The second-order valence-corrected chi connectivity index (χ2v) is 6.53. The summed E-state index contributed by atoms with van der Waals surface area (Å²) in [4.78, 5) is 12.1. The molecule has 2 rings (SSSR count). The maximum absolute atomic E-state index is 12.1. The van der Waals surface area contributed by atoms with Gasteiger partial charge in [-0.25, -0.2) is 0 Å². The number of carbonyl (C=O) groups excluding carboxylic acids is 1. The van der Waals surface area contributed by atoms with Gasteiger partial charge in [0.05, 0.1) is 19.4 Å². The highest BCUT2D eigenvalue weighted by atomic mass is 35.5. The van der Waals surface area contributed by atoms with Crippen molar-refractivity contribution in [2.45, 2.75) is 26.7 Å². The van der Waals surface area contributed by atoms with E-state index in [-0.39, 0.29) is 5.91 Å². The van der Waals surface area contributed by atoms with Gasteiger partial charge in [-0.05, 0) is 61.7 Å². The smallest absolute Gasteiger partial charge is 0.224 e. The van der Waals surface area contributed by atoms with Crippen molar-refractivity contribution < 1.29 is 14.3 Å². The molecule has 0 aromatic heterocycles. The number of hydrogen-bond donors (Lipinski definition) is 1. The fraction of sp³-hybridized carbons (Fsp3) is 0.316. The highest BCUT2D eigenvalue weighted by Gasteiger charge is 2.09. The first-order chi connectivity index (χ1) is 11.9. The zero-order chi connectivity index (χ0) is 18.4. The van der Waals surface area contributed by atoms with Gasteiger partial charge in [0.2, 0.25) is 5.91 Å². The summed E-state index contributed by atoms with van der Waals surface area (Å²) in [5, 5.41) is 4.09. The van der Waals surface area contributed by atoms with Gasteiger partial charge in [0.25, 0.3) is 0 Å². The number of benzene rings is 2. The van der Waals surface area contributed by atoms with E-state index in [0.29, 0.717) is 35.9 Å². The molecule has 134 valence electrons. The van der Waals surface area contributed by atoms with Gasteiger partial charge in [-0.3, -0.25) is 4.79 Å². The molecule has 4 nitrogen and oxygen atoms in total. The molecule has 25 heavy (non-hydrogen) atoms. The van der Waals surface area contributed by atoms with Gasteiger partial charge in [0.1, 0.15) is 11.5 Å². The topological polar surface area (TPSA) is 47.6 Å². The molecule has 0 aliphatic carbocycles. The Kier molecular flexibility index (Phi) is 6.97. The molecule has 0 aliphatic heterocycles. The zero-order valence-corrected chi connectivity index (χ0v) is 16.0. The van der Waals surface area contributed by atoms with Crippen molar-refractivity contribution >= 4 is 34.8 Å². The van der Waals surface area contributed by atoms with Crippen molar-refractivity contribution in [3.8, 4) is 11.5 Å². The minimum atomic E-state index is -0.118. The number of carbonyl (C=O) groups is 1. The molecule has 2 aromatic carbocycles. The fourth-order valence-corrected chi connectivity index (χ4v) is 2.68. The van der Waals surface area contributed by atoms with Crippen LogP contribution in [0.1, 0.15) is 24.0 Å². The van der Waals surface area contributed by atoms with E-state index in [1.54, 1.807) is 25.3 Å². The lowest BCUT2D eigenvalue weighted by Crippen LogP contribution is -2.13. The highest BCUT2D eigenvalue weighted by Crippen LogP contribution is 2.28. The van der Waals surface area contributed by atoms with E-state index in [4.69, 9.17) is 32.7 Å². The van der Waals surface area contributed by atoms with Crippen molar-refractivity contribution in [2.24, 2.45) is 0 Å². The monoisotopic (exact) mass is 381 g/mol. The van der Waals surface area contributed by atoms with E-state index in [2.05, 4.69) is 5.32 Å². The van der Waals surface area contributed by atoms with Crippen LogP contribution < -0.4 is 14.8 Å². The van der Waals surface area contributed by atoms with E-state index in [9.17, 15) is 4.79 Å². The quantitative estimate of drug-likeness (QED) is 0.651. The number of nitrogens with one attached hydrogen (secondary N) is 1. The van der Waals surface area contributed by atoms with Crippen LogP contribution in [0.4, 0.5) is 5.69 Å². The van der Waals surface area contributed by atoms with Gasteiger partial charge in [-0.1, -0.05) is 23.2 Å². The van der Waals surface area contributed by atoms with Gasteiger partial charge < -0.3 is 14.8 Å². The fourth-order valence-electron chi connectivity index (χ4n) is 2.40. The van der Waals surface area contributed by atoms with Gasteiger partial charge >= 0.3 is 0 Å². The van der Waals surface area contributed by atoms with Crippen molar-refractivity contribution in [1.82, 2.24) is 0 Å². The van der Waals surface area contributed by atoms with Gasteiger partial charge in [0.15, 0.2) is 0 Å². The van der Waals surface area contributed by atoms with E-state index >= 15 is 0 Å². The van der Waals surface area contributed by atoms with Crippen LogP contribution in [0.25, 0.3) is 0 Å². The molecule has 0 aliphatic rings. The summed E-state index contributed by atoms with van der Waals surface area (Å²) in [7, 11) is 1.54. The Morgan fingerprint density at radius 1 is 1.12 bits per heavy atom. The molecule has 0 atom stereocenters. The van der Waals surface area contributed by atoms with Crippen molar-refractivity contribution in [3.63, 3.8) is 0 Å². The molecule has 0 heterocycles. The maximum Gasteiger partial charge on any atom is 0.224 e. The largest absolute Gasteiger partial charge is 0.495 e.